The van der Waals surface area contributed by atoms with Crippen LogP contribution in [0.4, 0.5) is 9.52 Å². The molecule has 0 atom stereocenters. The van der Waals surface area contributed by atoms with E-state index in [4.69, 9.17) is 11.6 Å². The second kappa shape index (κ2) is 9.86. The lowest BCUT2D eigenvalue weighted by atomic mass is 10.1. The van der Waals surface area contributed by atoms with Crippen molar-refractivity contribution < 1.29 is 17.6 Å². The van der Waals surface area contributed by atoms with Gasteiger partial charge in [0.05, 0.1) is 5.02 Å². The molecule has 0 spiro atoms. The minimum absolute atomic E-state index is 0.0549. The Morgan fingerprint density at radius 3 is 2.48 bits per heavy atom. The molecule has 0 saturated heterocycles. The van der Waals surface area contributed by atoms with Crippen LogP contribution in [0.25, 0.3) is 0 Å². The number of halogens is 2. The molecule has 0 fully saturated rings. The molecule has 3 rings (SSSR count). The number of nitrogens with one attached hydrogen (secondary N) is 1. The standard InChI is InChI=1S/C21H21ClFN3O3S2/c1-3-26(4-2)31(28,29)19-12-15(7-10-18(19)22)20(27)25-21-24-13-17(30-21)11-14-5-8-16(23)9-6-14/h5-10,12-13H,3-4,11H2,1-2H3,(H,24,25,27). The van der Waals surface area contributed by atoms with Crippen molar-refractivity contribution in [2.24, 2.45) is 0 Å². The molecule has 1 heterocycles. The molecule has 0 unspecified atom stereocenters. The van der Waals surface area contributed by atoms with Crippen molar-refractivity contribution in [3.8, 4) is 0 Å². The van der Waals surface area contributed by atoms with E-state index in [1.807, 2.05) is 0 Å². The molecule has 0 aliphatic carbocycles. The Morgan fingerprint density at radius 2 is 1.84 bits per heavy atom. The summed E-state index contributed by atoms with van der Waals surface area (Å²) in [6.07, 6.45) is 2.20. The van der Waals surface area contributed by atoms with Gasteiger partial charge in [0, 0.05) is 36.1 Å². The molecule has 0 aliphatic heterocycles. The monoisotopic (exact) mass is 481 g/mol. The molecular formula is C21H21ClFN3O3S2. The minimum atomic E-state index is -3.81. The van der Waals surface area contributed by atoms with Crippen LogP contribution in [0.15, 0.2) is 53.6 Å². The summed E-state index contributed by atoms with van der Waals surface area (Å²) < 4.78 is 40.0. The number of nitrogens with zero attached hydrogens (tertiary/aromatic N) is 2. The molecule has 1 amide bonds. The highest BCUT2D eigenvalue weighted by Crippen LogP contribution is 2.27. The lowest BCUT2D eigenvalue weighted by molar-refractivity contribution is 0.102. The summed E-state index contributed by atoms with van der Waals surface area (Å²) in [7, 11) is -3.81. The number of rotatable bonds is 8. The van der Waals surface area contributed by atoms with Crippen molar-refractivity contribution in [1.82, 2.24) is 9.29 Å². The number of carbonyl (C=O) groups is 1. The number of benzene rings is 2. The van der Waals surface area contributed by atoms with E-state index in [1.165, 1.54) is 46.0 Å². The fraction of sp³-hybridized carbons (Fsp3) is 0.238. The molecule has 1 aromatic heterocycles. The maximum Gasteiger partial charge on any atom is 0.257 e. The molecule has 1 N–H and O–H groups in total. The summed E-state index contributed by atoms with van der Waals surface area (Å²) in [5.41, 5.74) is 1.08. The average molecular weight is 482 g/mol. The van der Waals surface area contributed by atoms with Gasteiger partial charge in [-0.25, -0.2) is 17.8 Å². The van der Waals surface area contributed by atoms with E-state index < -0.39 is 15.9 Å². The second-order valence-electron chi connectivity index (χ2n) is 6.62. The van der Waals surface area contributed by atoms with Crippen LogP contribution >= 0.6 is 22.9 Å². The van der Waals surface area contributed by atoms with Crippen molar-refractivity contribution in [3.05, 3.63) is 75.5 Å². The highest BCUT2D eigenvalue weighted by molar-refractivity contribution is 7.89. The highest BCUT2D eigenvalue weighted by atomic mass is 35.5. The van der Waals surface area contributed by atoms with E-state index in [-0.39, 0.29) is 21.3 Å². The summed E-state index contributed by atoms with van der Waals surface area (Å²) >= 11 is 7.41. The van der Waals surface area contributed by atoms with Gasteiger partial charge < -0.3 is 0 Å². The quantitative estimate of drug-likeness (QED) is 0.500. The van der Waals surface area contributed by atoms with Gasteiger partial charge in [0.1, 0.15) is 10.7 Å². The Balaban J connectivity index is 1.77. The predicted octanol–water partition coefficient (Wildman–Crippen LogP) is 4.81. The normalized spacial score (nSPS) is 11.6. The Kier molecular flexibility index (Phi) is 7.42. The van der Waals surface area contributed by atoms with Crippen LogP contribution in [0.1, 0.15) is 34.6 Å². The molecule has 6 nitrogen and oxygen atoms in total. The number of anilines is 1. The number of thiazole rings is 1. The Labute approximate surface area is 189 Å². The average Bonchev–Trinajstić information content (AvgIpc) is 3.17. The topological polar surface area (TPSA) is 79.4 Å². The molecule has 0 radical (unpaired) electrons. The van der Waals surface area contributed by atoms with Crippen molar-refractivity contribution in [2.75, 3.05) is 18.4 Å². The number of sulfonamides is 1. The van der Waals surface area contributed by atoms with Crippen LogP contribution in [0.2, 0.25) is 5.02 Å². The van der Waals surface area contributed by atoms with Crippen LogP contribution in [0, 0.1) is 5.82 Å². The molecule has 0 saturated carbocycles. The first-order chi connectivity index (χ1) is 14.7. The Morgan fingerprint density at radius 1 is 1.16 bits per heavy atom. The van der Waals surface area contributed by atoms with Gasteiger partial charge in [-0.1, -0.05) is 37.6 Å². The summed E-state index contributed by atoms with van der Waals surface area (Å²) in [6.45, 7) is 4.05. The zero-order chi connectivity index (χ0) is 22.6. The third kappa shape index (κ3) is 5.48. The molecular weight excluding hydrogens is 461 g/mol. The van der Waals surface area contributed by atoms with Crippen LogP contribution in [-0.2, 0) is 16.4 Å². The van der Waals surface area contributed by atoms with Gasteiger partial charge in [-0.2, -0.15) is 4.31 Å². The van der Waals surface area contributed by atoms with E-state index in [0.29, 0.717) is 24.6 Å². The van der Waals surface area contributed by atoms with Gasteiger partial charge in [0.2, 0.25) is 10.0 Å². The highest BCUT2D eigenvalue weighted by Gasteiger charge is 2.25. The third-order valence-corrected chi connectivity index (χ3v) is 8.03. The lowest BCUT2D eigenvalue weighted by Crippen LogP contribution is -2.31. The van der Waals surface area contributed by atoms with Crippen LogP contribution in [0.5, 0.6) is 0 Å². The summed E-state index contributed by atoms with van der Waals surface area (Å²) in [5.74, 6) is -0.790. The number of carbonyl (C=O) groups excluding carboxylic acids is 1. The van der Waals surface area contributed by atoms with Crippen molar-refractivity contribution in [2.45, 2.75) is 25.2 Å². The molecule has 31 heavy (non-hydrogen) atoms. The second-order valence-corrected chi connectivity index (χ2v) is 10.1. The fourth-order valence-corrected chi connectivity index (χ4v) is 5.76. The van der Waals surface area contributed by atoms with Gasteiger partial charge in [-0.05, 0) is 35.9 Å². The first kappa shape index (κ1) is 23.3. The summed E-state index contributed by atoms with van der Waals surface area (Å²) in [6, 6.07) is 10.3. The molecule has 3 aromatic rings. The number of hydrogen-bond donors (Lipinski definition) is 1. The first-order valence-electron chi connectivity index (χ1n) is 9.54. The van der Waals surface area contributed by atoms with Gasteiger partial charge >= 0.3 is 0 Å². The Hall–Kier alpha value is -2.33. The fourth-order valence-electron chi connectivity index (χ4n) is 2.96. The van der Waals surface area contributed by atoms with E-state index >= 15 is 0 Å². The lowest BCUT2D eigenvalue weighted by Gasteiger charge is -2.19. The van der Waals surface area contributed by atoms with Gasteiger partial charge in [-0.15, -0.1) is 11.3 Å². The number of amides is 1. The van der Waals surface area contributed by atoms with Crippen LogP contribution in [-0.4, -0.2) is 36.7 Å². The first-order valence-corrected chi connectivity index (χ1v) is 12.2. The maximum atomic E-state index is 13.0. The minimum Gasteiger partial charge on any atom is -0.298 e. The van der Waals surface area contributed by atoms with E-state index in [2.05, 4.69) is 10.3 Å². The van der Waals surface area contributed by atoms with E-state index in [9.17, 15) is 17.6 Å². The van der Waals surface area contributed by atoms with Crippen LogP contribution < -0.4 is 5.32 Å². The molecule has 0 aliphatic rings. The molecule has 10 heteroatoms. The predicted molar refractivity (Wildman–Crippen MR) is 121 cm³/mol. The molecule has 0 bridgehead atoms. The third-order valence-electron chi connectivity index (χ3n) is 4.58. The van der Waals surface area contributed by atoms with E-state index in [1.54, 1.807) is 32.2 Å². The van der Waals surface area contributed by atoms with E-state index in [0.717, 1.165) is 10.4 Å². The largest absolute Gasteiger partial charge is 0.298 e. The van der Waals surface area contributed by atoms with Crippen molar-refractivity contribution >= 4 is 44.0 Å². The zero-order valence-corrected chi connectivity index (χ0v) is 19.3. The molecule has 2 aromatic carbocycles. The van der Waals surface area contributed by atoms with Gasteiger partial charge in [0.15, 0.2) is 5.13 Å². The summed E-state index contributed by atoms with van der Waals surface area (Å²) in [5, 5.41) is 3.12. The van der Waals surface area contributed by atoms with Gasteiger partial charge in [0.25, 0.3) is 5.91 Å². The van der Waals surface area contributed by atoms with Crippen LogP contribution in [0.3, 0.4) is 0 Å². The SMILES string of the molecule is CCN(CC)S(=O)(=O)c1cc(C(=O)Nc2ncc(Cc3ccc(F)cc3)s2)ccc1Cl. The molecule has 164 valence electrons. The smallest absolute Gasteiger partial charge is 0.257 e. The number of aromatic nitrogens is 1. The zero-order valence-electron chi connectivity index (χ0n) is 16.9. The van der Waals surface area contributed by atoms with Crippen molar-refractivity contribution in [3.63, 3.8) is 0 Å². The maximum absolute atomic E-state index is 13.0. The van der Waals surface area contributed by atoms with Gasteiger partial charge in [-0.3, -0.25) is 10.1 Å². The van der Waals surface area contributed by atoms with Crippen molar-refractivity contribution in [1.29, 1.82) is 0 Å². The Bertz CT molecular complexity index is 1180. The summed E-state index contributed by atoms with van der Waals surface area (Å²) in [4.78, 5) is 17.7. The number of hydrogen-bond acceptors (Lipinski definition) is 5.